The maximum atomic E-state index is 12.3. The van der Waals surface area contributed by atoms with Crippen molar-refractivity contribution in [2.24, 2.45) is 0 Å². The van der Waals surface area contributed by atoms with Crippen LogP contribution in [0.3, 0.4) is 0 Å². The molecule has 1 heterocycles. The summed E-state index contributed by atoms with van der Waals surface area (Å²) in [7, 11) is -1.64. The molecule has 162 valence electrons. The lowest BCUT2D eigenvalue weighted by Gasteiger charge is -2.18. The van der Waals surface area contributed by atoms with E-state index in [1.807, 2.05) is 54.6 Å². The number of benzene rings is 2. The number of nitrogens with zero attached hydrogens (tertiary/aromatic N) is 4. The van der Waals surface area contributed by atoms with Crippen molar-refractivity contribution < 1.29 is 14.8 Å². The van der Waals surface area contributed by atoms with Crippen LogP contribution in [0.25, 0.3) is 11.8 Å². The lowest BCUT2D eigenvalue weighted by Crippen LogP contribution is -2.47. The molecule has 0 unspecified atom stereocenters. The van der Waals surface area contributed by atoms with E-state index in [4.69, 9.17) is 0 Å². The first-order chi connectivity index (χ1) is 15.5. The number of nitriles is 1. The quantitative estimate of drug-likeness (QED) is 0.334. The third-order valence-electron chi connectivity index (χ3n) is 4.91. The third-order valence-corrected chi connectivity index (χ3v) is 4.91. The molecule has 1 amide bonds. The van der Waals surface area contributed by atoms with E-state index in [0.717, 1.165) is 16.7 Å². The fourth-order valence-electron chi connectivity index (χ4n) is 3.31. The Morgan fingerprint density at radius 3 is 2.66 bits per heavy atom. The number of nitrogens with one attached hydrogen (secondary N) is 1. The van der Waals surface area contributed by atoms with Crippen LogP contribution in [0.2, 0.25) is 0 Å². The zero-order valence-electron chi connectivity index (χ0n) is 17.5. The maximum absolute atomic E-state index is 12.3. The Bertz CT molecular complexity index is 1080. The van der Waals surface area contributed by atoms with Gasteiger partial charge < -0.3 is 15.4 Å². The van der Waals surface area contributed by atoms with E-state index < -0.39 is 13.1 Å². The maximum Gasteiger partial charge on any atom is 0.475 e. The van der Waals surface area contributed by atoms with E-state index in [1.165, 1.54) is 17.3 Å². The predicted molar refractivity (Wildman–Crippen MR) is 121 cm³/mol. The molecule has 8 nitrogen and oxygen atoms in total. The molecule has 9 heteroatoms. The van der Waals surface area contributed by atoms with Crippen LogP contribution in [0.5, 0.6) is 0 Å². The number of aromatic nitrogens is 3. The van der Waals surface area contributed by atoms with Crippen molar-refractivity contribution in [1.29, 1.82) is 5.26 Å². The first kappa shape index (κ1) is 22.9. The second-order valence-electron chi connectivity index (χ2n) is 7.36. The van der Waals surface area contributed by atoms with Gasteiger partial charge in [0.2, 0.25) is 5.91 Å². The molecule has 0 aliphatic heterocycles. The molecule has 2 aromatic carbocycles. The predicted octanol–water partition coefficient (Wildman–Crippen LogP) is 1.86. The molecule has 1 aromatic heterocycles. The molecule has 3 aromatic rings. The van der Waals surface area contributed by atoms with Crippen molar-refractivity contribution in [3.63, 3.8) is 0 Å². The summed E-state index contributed by atoms with van der Waals surface area (Å²) in [6.07, 6.45) is 6.44. The highest BCUT2D eigenvalue weighted by Gasteiger charge is 2.25. The Kier molecular flexibility index (Phi) is 8.32. The van der Waals surface area contributed by atoms with Crippen LogP contribution in [0, 0.1) is 11.3 Å². The van der Waals surface area contributed by atoms with Gasteiger partial charge in [0, 0.05) is 6.42 Å². The Morgan fingerprint density at radius 2 is 1.97 bits per heavy atom. The summed E-state index contributed by atoms with van der Waals surface area (Å²) in [5.41, 5.74) is 3.15. The van der Waals surface area contributed by atoms with Gasteiger partial charge in [0.15, 0.2) is 0 Å². The topological polar surface area (TPSA) is 124 Å². The normalized spacial score (nSPS) is 12.1. The van der Waals surface area contributed by atoms with Gasteiger partial charge in [-0.2, -0.15) is 10.4 Å². The number of amides is 1. The van der Waals surface area contributed by atoms with Crippen molar-refractivity contribution in [3.05, 3.63) is 83.9 Å². The monoisotopic (exact) mass is 429 g/mol. The van der Waals surface area contributed by atoms with Crippen molar-refractivity contribution in [3.8, 4) is 6.07 Å². The minimum Gasteiger partial charge on any atom is -0.426 e. The van der Waals surface area contributed by atoms with E-state index in [2.05, 4.69) is 21.5 Å². The summed E-state index contributed by atoms with van der Waals surface area (Å²) in [6, 6.07) is 19.2. The smallest absolute Gasteiger partial charge is 0.426 e. The van der Waals surface area contributed by atoms with Crippen LogP contribution >= 0.6 is 0 Å². The number of carbonyl (C=O) groups excluding carboxylic acids is 1. The molecule has 3 rings (SSSR count). The van der Waals surface area contributed by atoms with Gasteiger partial charge in [-0.15, -0.1) is 0 Å². The summed E-state index contributed by atoms with van der Waals surface area (Å²) in [5.74, 6) is -0.993. The minimum atomic E-state index is -1.64. The van der Waals surface area contributed by atoms with E-state index in [0.29, 0.717) is 25.0 Å². The lowest BCUT2D eigenvalue weighted by atomic mass is 9.76. The SMILES string of the molecule is N#CC(=Cc1cccc(CCCC(=O)N[C@@H](Cc2ccccc2)B(O)O)c1)n1cncn1. The van der Waals surface area contributed by atoms with Crippen LogP contribution in [-0.2, 0) is 17.6 Å². The number of carbonyl (C=O) groups is 1. The zero-order chi connectivity index (χ0) is 22.8. The molecular weight excluding hydrogens is 405 g/mol. The van der Waals surface area contributed by atoms with Gasteiger partial charge in [0.1, 0.15) is 24.4 Å². The van der Waals surface area contributed by atoms with Crippen molar-refractivity contribution in [2.75, 3.05) is 0 Å². The van der Waals surface area contributed by atoms with Crippen molar-refractivity contribution in [2.45, 2.75) is 31.6 Å². The number of allylic oxidation sites excluding steroid dienone is 1. The van der Waals surface area contributed by atoms with Crippen molar-refractivity contribution in [1.82, 2.24) is 20.1 Å². The summed E-state index contributed by atoms with van der Waals surface area (Å²) < 4.78 is 1.40. The Hall–Kier alpha value is -3.74. The molecule has 0 saturated carbocycles. The second-order valence-corrected chi connectivity index (χ2v) is 7.36. The molecular formula is C23H24BN5O3. The van der Waals surface area contributed by atoms with Crippen LogP contribution in [0.15, 0.2) is 67.3 Å². The van der Waals surface area contributed by atoms with E-state index in [9.17, 15) is 20.1 Å². The van der Waals surface area contributed by atoms with Crippen LogP contribution in [0.1, 0.15) is 29.5 Å². The fourth-order valence-corrected chi connectivity index (χ4v) is 3.31. The molecule has 32 heavy (non-hydrogen) atoms. The van der Waals surface area contributed by atoms with Crippen LogP contribution in [-0.4, -0.2) is 43.8 Å². The van der Waals surface area contributed by atoms with Gasteiger partial charge in [0.05, 0.1) is 5.94 Å². The minimum absolute atomic E-state index is 0.229. The molecule has 0 spiro atoms. The fraction of sp³-hybridized carbons (Fsp3) is 0.217. The Morgan fingerprint density at radius 1 is 1.19 bits per heavy atom. The van der Waals surface area contributed by atoms with E-state index in [-0.39, 0.29) is 12.3 Å². The number of hydrogen-bond donors (Lipinski definition) is 3. The average Bonchev–Trinajstić information content (AvgIpc) is 3.33. The van der Waals surface area contributed by atoms with Gasteiger partial charge >= 0.3 is 7.12 Å². The lowest BCUT2D eigenvalue weighted by molar-refractivity contribution is -0.121. The van der Waals surface area contributed by atoms with Gasteiger partial charge in [0.25, 0.3) is 0 Å². The largest absolute Gasteiger partial charge is 0.475 e. The number of hydrogen-bond acceptors (Lipinski definition) is 6. The summed E-state index contributed by atoms with van der Waals surface area (Å²) in [6.45, 7) is 0. The van der Waals surface area contributed by atoms with Crippen LogP contribution < -0.4 is 5.32 Å². The Labute approximate surface area is 187 Å². The molecule has 0 radical (unpaired) electrons. The molecule has 3 N–H and O–H groups in total. The third kappa shape index (κ3) is 6.91. The molecule has 0 saturated heterocycles. The summed E-state index contributed by atoms with van der Waals surface area (Å²) >= 11 is 0. The van der Waals surface area contributed by atoms with Gasteiger partial charge in [-0.25, -0.2) is 9.67 Å². The molecule has 0 aliphatic carbocycles. The standard InChI is InChI=1S/C23H24BN5O3/c25-15-21(29-17-26-16-27-29)13-20-10-4-8-18(12-20)9-5-11-23(30)28-22(24(31)32)14-19-6-2-1-3-7-19/h1-4,6-8,10,12-13,16-17,22,31-32H,5,9,11,14H2,(H,28,30)/t22-/m0/s1. The van der Waals surface area contributed by atoms with Crippen LogP contribution in [0.4, 0.5) is 0 Å². The highest BCUT2D eigenvalue weighted by Crippen LogP contribution is 2.14. The van der Waals surface area contributed by atoms with Crippen molar-refractivity contribution >= 4 is 24.8 Å². The molecule has 0 bridgehead atoms. The second kappa shape index (κ2) is 11.6. The average molecular weight is 429 g/mol. The first-order valence-corrected chi connectivity index (χ1v) is 10.3. The first-order valence-electron chi connectivity index (χ1n) is 10.3. The van der Waals surface area contributed by atoms with Gasteiger partial charge in [-0.1, -0.05) is 54.6 Å². The summed E-state index contributed by atoms with van der Waals surface area (Å²) in [4.78, 5) is 16.2. The Balaban J connectivity index is 1.53. The van der Waals surface area contributed by atoms with Gasteiger partial charge in [-0.3, -0.25) is 4.79 Å². The molecule has 0 fully saturated rings. The molecule has 0 aliphatic rings. The van der Waals surface area contributed by atoms with Gasteiger partial charge in [-0.05, 0) is 42.0 Å². The van der Waals surface area contributed by atoms with E-state index in [1.54, 1.807) is 6.08 Å². The summed E-state index contributed by atoms with van der Waals surface area (Å²) in [5, 5.41) is 35.3. The highest BCUT2D eigenvalue weighted by atomic mass is 16.4. The van der Waals surface area contributed by atoms with E-state index >= 15 is 0 Å². The highest BCUT2D eigenvalue weighted by molar-refractivity contribution is 6.43. The number of rotatable bonds is 10. The molecule has 1 atom stereocenters. The number of aryl methyl sites for hydroxylation is 1. The zero-order valence-corrected chi connectivity index (χ0v) is 17.5.